The molecule has 0 radical (unpaired) electrons. The predicted molar refractivity (Wildman–Crippen MR) is 106 cm³/mol. The fourth-order valence-electron chi connectivity index (χ4n) is 4.02. The molecule has 152 valence electrons. The maximum atomic E-state index is 13.8. The maximum Gasteiger partial charge on any atom is 0.417 e. The van der Waals surface area contributed by atoms with Gasteiger partial charge in [-0.2, -0.15) is 13.2 Å². The van der Waals surface area contributed by atoms with E-state index in [0.29, 0.717) is 35.5 Å². The highest BCUT2D eigenvalue weighted by atomic mass is 19.4. The average molecular weight is 402 g/mol. The fourth-order valence-corrected chi connectivity index (χ4v) is 4.02. The molecule has 1 N–H and O–H groups in total. The van der Waals surface area contributed by atoms with E-state index in [1.165, 1.54) is 12.1 Å². The highest BCUT2D eigenvalue weighted by molar-refractivity contribution is 6.08. The van der Waals surface area contributed by atoms with Crippen LogP contribution in [0.2, 0.25) is 0 Å². The Bertz CT molecular complexity index is 946. The van der Waals surface area contributed by atoms with Crippen molar-refractivity contribution in [2.45, 2.75) is 25.1 Å². The van der Waals surface area contributed by atoms with Gasteiger partial charge in [-0.15, -0.1) is 0 Å². The normalized spacial score (nSPS) is 19.6. The number of ether oxygens (including phenoxy) is 1. The monoisotopic (exact) mass is 402 g/mol. The number of amides is 1. The van der Waals surface area contributed by atoms with Gasteiger partial charge >= 0.3 is 6.18 Å². The molecule has 0 saturated carbocycles. The highest BCUT2D eigenvalue weighted by Gasteiger charge is 2.38. The third-order valence-corrected chi connectivity index (χ3v) is 5.44. The van der Waals surface area contributed by atoms with E-state index in [1.54, 1.807) is 42.3 Å². The third kappa shape index (κ3) is 3.74. The first-order valence-electron chi connectivity index (χ1n) is 9.46. The number of hydrogen-bond donors (Lipinski definition) is 1. The molecular weight excluding hydrogens is 381 g/mol. The second-order valence-corrected chi connectivity index (χ2v) is 7.22. The quantitative estimate of drug-likeness (QED) is 0.830. The van der Waals surface area contributed by atoms with Crippen molar-refractivity contribution in [3.8, 4) is 5.75 Å². The largest absolute Gasteiger partial charge is 0.497 e. The molecule has 2 aliphatic rings. The zero-order chi connectivity index (χ0) is 20.6. The number of carbonyl (C=O) groups is 1. The number of benzene rings is 2. The van der Waals surface area contributed by atoms with Crippen molar-refractivity contribution in [2.24, 2.45) is 0 Å². The van der Waals surface area contributed by atoms with E-state index in [1.807, 2.05) is 0 Å². The van der Waals surface area contributed by atoms with E-state index in [0.717, 1.165) is 12.6 Å². The first-order valence-corrected chi connectivity index (χ1v) is 9.46. The van der Waals surface area contributed by atoms with Gasteiger partial charge in [0.2, 0.25) is 5.91 Å². The van der Waals surface area contributed by atoms with Gasteiger partial charge in [-0.3, -0.25) is 4.79 Å². The zero-order valence-corrected chi connectivity index (χ0v) is 15.9. The van der Waals surface area contributed by atoms with Crippen LogP contribution in [-0.4, -0.2) is 32.1 Å². The Hall–Kier alpha value is -2.80. The molecule has 1 unspecified atom stereocenters. The Labute approximate surface area is 167 Å². The lowest BCUT2D eigenvalue weighted by Crippen LogP contribution is -2.41. The van der Waals surface area contributed by atoms with Crippen LogP contribution in [0.4, 0.5) is 18.9 Å². The highest BCUT2D eigenvalue weighted by Crippen LogP contribution is 2.42. The molecule has 0 spiro atoms. The molecule has 1 atom stereocenters. The number of carbonyl (C=O) groups excluding carboxylic acids is 1. The molecular formula is C22H21F3N2O2. The van der Waals surface area contributed by atoms with Crippen LogP contribution in [0.5, 0.6) is 5.75 Å². The number of rotatable bonds is 3. The standard InChI is InChI=1S/C22H21F3N2O2/c1-29-17-7-5-14(6-8-17)15-11-18-19(22(23,24)25)3-2-4-20(18)27(21(28)12-15)16-9-10-26-13-16/h2-8,11,16,26H,9-10,12-13H2,1H3. The Morgan fingerprint density at radius 3 is 2.52 bits per heavy atom. The van der Waals surface area contributed by atoms with Crippen molar-refractivity contribution in [1.82, 2.24) is 5.32 Å². The van der Waals surface area contributed by atoms with Crippen LogP contribution in [-0.2, 0) is 11.0 Å². The number of anilines is 1. The second-order valence-electron chi connectivity index (χ2n) is 7.22. The topological polar surface area (TPSA) is 41.6 Å². The number of alkyl halides is 3. The van der Waals surface area contributed by atoms with Crippen LogP contribution in [0.1, 0.15) is 29.5 Å². The number of methoxy groups -OCH3 is 1. The van der Waals surface area contributed by atoms with Gasteiger partial charge in [0.25, 0.3) is 0 Å². The summed E-state index contributed by atoms with van der Waals surface area (Å²) in [4.78, 5) is 14.7. The summed E-state index contributed by atoms with van der Waals surface area (Å²) in [6.07, 6.45) is -2.26. The van der Waals surface area contributed by atoms with Crippen LogP contribution in [0.25, 0.3) is 11.6 Å². The molecule has 4 rings (SSSR count). The van der Waals surface area contributed by atoms with Gasteiger partial charge in [-0.25, -0.2) is 0 Å². The molecule has 4 nitrogen and oxygen atoms in total. The summed E-state index contributed by atoms with van der Waals surface area (Å²) in [7, 11) is 1.54. The van der Waals surface area contributed by atoms with E-state index in [-0.39, 0.29) is 23.9 Å². The molecule has 2 aromatic rings. The first kappa shape index (κ1) is 19.5. The average Bonchev–Trinajstić information content (AvgIpc) is 3.17. The van der Waals surface area contributed by atoms with Crippen LogP contribution in [0.15, 0.2) is 42.5 Å². The first-order chi connectivity index (χ1) is 13.9. The minimum Gasteiger partial charge on any atom is -0.497 e. The summed E-state index contributed by atoms with van der Waals surface area (Å²) in [5, 5.41) is 3.19. The van der Waals surface area contributed by atoms with E-state index in [4.69, 9.17) is 4.74 Å². The van der Waals surface area contributed by atoms with E-state index in [2.05, 4.69) is 5.32 Å². The molecule has 7 heteroatoms. The molecule has 1 saturated heterocycles. The maximum absolute atomic E-state index is 13.8. The molecule has 29 heavy (non-hydrogen) atoms. The molecule has 0 aliphatic carbocycles. The Morgan fingerprint density at radius 1 is 1.14 bits per heavy atom. The summed E-state index contributed by atoms with van der Waals surface area (Å²) in [5.74, 6) is 0.447. The number of fused-ring (bicyclic) bond motifs is 1. The number of hydrogen-bond acceptors (Lipinski definition) is 3. The Balaban J connectivity index is 1.88. The predicted octanol–water partition coefficient (Wildman–Crippen LogP) is 4.35. The number of nitrogens with one attached hydrogen (secondary N) is 1. The van der Waals surface area contributed by atoms with Crippen molar-refractivity contribution in [3.05, 3.63) is 59.2 Å². The van der Waals surface area contributed by atoms with Crippen molar-refractivity contribution in [1.29, 1.82) is 0 Å². The van der Waals surface area contributed by atoms with Crippen molar-refractivity contribution < 1.29 is 22.7 Å². The van der Waals surface area contributed by atoms with Gasteiger partial charge in [-0.1, -0.05) is 18.2 Å². The lowest BCUT2D eigenvalue weighted by molar-refractivity contribution is -0.137. The van der Waals surface area contributed by atoms with Gasteiger partial charge < -0.3 is 15.0 Å². The lowest BCUT2D eigenvalue weighted by atomic mass is 9.97. The molecule has 2 aromatic carbocycles. The molecule has 2 aliphatic heterocycles. The second kappa shape index (κ2) is 7.55. The molecule has 2 heterocycles. The third-order valence-electron chi connectivity index (χ3n) is 5.44. The smallest absolute Gasteiger partial charge is 0.417 e. The Morgan fingerprint density at radius 2 is 1.90 bits per heavy atom. The van der Waals surface area contributed by atoms with Crippen molar-refractivity contribution in [3.63, 3.8) is 0 Å². The summed E-state index contributed by atoms with van der Waals surface area (Å²) in [6, 6.07) is 10.9. The van der Waals surface area contributed by atoms with Crippen molar-refractivity contribution >= 4 is 23.2 Å². The molecule has 0 bridgehead atoms. The molecule has 1 fully saturated rings. The summed E-state index contributed by atoms with van der Waals surface area (Å²) >= 11 is 0. The van der Waals surface area contributed by atoms with Gasteiger partial charge in [0, 0.05) is 12.1 Å². The van der Waals surface area contributed by atoms with E-state index < -0.39 is 11.7 Å². The SMILES string of the molecule is COc1ccc(C2=Cc3c(cccc3C(F)(F)F)N(C3CCNC3)C(=O)C2)cc1. The van der Waals surface area contributed by atoms with Gasteiger partial charge in [0.1, 0.15) is 5.75 Å². The lowest BCUT2D eigenvalue weighted by Gasteiger charge is -2.29. The van der Waals surface area contributed by atoms with Crippen LogP contribution < -0.4 is 15.0 Å². The van der Waals surface area contributed by atoms with Crippen LogP contribution in [0.3, 0.4) is 0 Å². The molecule has 0 aromatic heterocycles. The van der Waals surface area contributed by atoms with Crippen molar-refractivity contribution in [2.75, 3.05) is 25.1 Å². The fraction of sp³-hybridized carbons (Fsp3) is 0.318. The summed E-state index contributed by atoms with van der Waals surface area (Å²) in [6.45, 7) is 1.31. The summed E-state index contributed by atoms with van der Waals surface area (Å²) in [5.41, 5.74) is 0.898. The van der Waals surface area contributed by atoms with Crippen LogP contribution in [0, 0.1) is 0 Å². The zero-order valence-electron chi connectivity index (χ0n) is 15.9. The number of halogens is 3. The minimum atomic E-state index is -4.51. The number of nitrogens with zero attached hydrogens (tertiary/aromatic N) is 1. The van der Waals surface area contributed by atoms with E-state index >= 15 is 0 Å². The van der Waals surface area contributed by atoms with Gasteiger partial charge in [0.15, 0.2) is 0 Å². The molecule has 1 amide bonds. The minimum absolute atomic E-state index is 0.0365. The van der Waals surface area contributed by atoms with Gasteiger partial charge in [0.05, 0.1) is 30.8 Å². The Kier molecular flexibility index (Phi) is 5.08. The van der Waals surface area contributed by atoms with Crippen LogP contribution >= 0.6 is 0 Å². The van der Waals surface area contributed by atoms with Gasteiger partial charge in [-0.05, 0) is 54.4 Å². The summed E-state index contributed by atoms with van der Waals surface area (Å²) < 4.78 is 46.5. The van der Waals surface area contributed by atoms with E-state index in [9.17, 15) is 18.0 Å².